The minimum absolute atomic E-state index is 0.0612. The van der Waals surface area contributed by atoms with E-state index in [9.17, 15) is 14.4 Å². The van der Waals surface area contributed by atoms with Gasteiger partial charge < -0.3 is 21.1 Å². The number of carbonyl (C=O) groups excluding carboxylic acids is 2. The molecule has 3 amide bonds. The zero-order valence-electron chi connectivity index (χ0n) is 13.0. The van der Waals surface area contributed by atoms with Gasteiger partial charge in [-0.3, -0.25) is 9.59 Å². The van der Waals surface area contributed by atoms with Gasteiger partial charge in [0.25, 0.3) is 0 Å². The van der Waals surface area contributed by atoms with E-state index in [1.54, 1.807) is 26.1 Å². The van der Waals surface area contributed by atoms with Crippen molar-refractivity contribution in [2.45, 2.75) is 44.7 Å². The van der Waals surface area contributed by atoms with E-state index in [-0.39, 0.29) is 18.2 Å². The predicted molar refractivity (Wildman–Crippen MR) is 83.0 cm³/mol. The fraction of sp³-hybridized carbons (Fsp3) is 0.467. The van der Waals surface area contributed by atoms with Crippen LogP contribution in [0.5, 0.6) is 0 Å². The Hall–Kier alpha value is -2.64. The van der Waals surface area contributed by atoms with Crippen molar-refractivity contribution in [1.29, 1.82) is 0 Å². The maximum atomic E-state index is 12.2. The van der Waals surface area contributed by atoms with Crippen LogP contribution in [0.2, 0.25) is 0 Å². The maximum absolute atomic E-state index is 12.2. The summed E-state index contributed by atoms with van der Waals surface area (Å²) in [5.74, 6) is -0.190. The molecule has 0 bridgehead atoms. The molecule has 1 aliphatic rings. The highest BCUT2D eigenvalue weighted by atomic mass is 16.4. The van der Waals surface area contributed by atoms with E-state index in [1.165, 1.54) is 0 Å². The lowest BCUT2D eigenvalue weighted by molar-refractivity contribution is -0.127. The second-order valence-corrected chi connectivity index (χ2v) is 6.15. The highest BCUT2D eigenvalue weighted by Crippen LogP contribution is 2.19. The van der Waals surface area contributed by atoms with Crippen LogP contribution in [0.15, 0.2) is 18.3 Å². The van der Waals surface area contributed by atoms with Crippen LogP contribution in [0.1, 0.15) is 32.3 Å². The van der Waals surface area contributed by atoms with E-state index in [2.05, 4.69) is 20.9 Å². The summed E-state index contributed by atoms with van der Waals surface area (Å²) in [7, 11) is 0. The average molecular weight is 320 g/mol. The molecule has 0 aromatic carbocycles. The molecule has 0 saturated heterocycles. The molecule has 0 aliphatic carbocycles. The minimum Gasteiger partial charge on any atom is -0.465 e. The molecule has 0 radical (unpaired) electrons. The molecule has 4 N–H and O–H groups in total. The van der Waals surface area contributed by atoms with Gasteiger partial charge in [-0.05, 0) is 38.3 Å². The van der Waals surface area contributed by atoms with Gasteiger partial charge in [-0.2, -0.15) is 0 Å². The topological polar surface area (TPSA) is 120 Å². The van der Waals surface area contributed by atoms with Crippen LogP contribution in [-0.2, 0) is 16.0 Å². The molecule has 8 nitrogen and oxygen atoms in total. The van der Waals surface area contributed by atoms with Crippen molar-refractivity contribution < 1.29 is 19.5 Å². The Morgan fingerprint density at radius 3 is 2.91 bits per heavy atom. The highest BCUT2D eigenvalue weighted by Gasteiger charge is 2.29. The lowest BCUT2D eigenvalue weighted by Crippen LogP contribution is -2.49. The van der Waals surface area contributed by atoms with E-state index in [4.69, 9.17) is 5.11 Å². The third kappa shape index (κ3) is 4.67. The third-order valence-electron chi connectivity index (χ3n) is 3.53. The molecule has 0 fully saturated rings. The van der Waals surface area contributed by atoms with E-state index in [1.807, 2.05) is 6.07 Å². The number of nitrogens with one attached hydrogen (secondary N) is 3. The molecule has 0 saturated carbocycles. The van der Waals surface area contributed by atoms with Gasteiger partial charge in [0.2, 0.25) is 11.8 Å². The molecule has 2 heterocycles. The summed E-state index contributed by atoms with van der Waals surface area (Å²) in [5.41, 5.74) is 0.00670. The quantitative estimate of drug-likeness (QED) is 0.656. The van der Waals surface area contributed by atoms with Crippen LogP contribution in [0.25, 0.3) is 0 Å². The summed E-state index contributed by atoms with van der Waals surface area (Å²) in [6, 6.07) is 3.01. The molecule has 2 rings (SSSR count). The van der Waals surface area contributed by atoms with Crippen LogP contribution in [0.3, 0.4) is 0 Å². The van der Waals surface area contributed by atoms with Crippen molar-refractivity contribution in [3.63, 3.8) is 0 Å². The van der Waals surface area contributed by atoms with Crippen LogP contribution in [-0.4, -0.2) is 39.6 Å². The van der Waals surface area contributed by atoms with E-state index in [0.717, 1.165) is 5.56 Å². The Morgan fingerprint density at radius 2 is 2.22 bits per heavy atom. The van der Waals surface area contributed by atoms with Gasteiger partial charge >= 0.3 is 6.09 Å². The van der Waals surface area contributed by atoms with E-state index >= 15 is 0 Å². The normalized spacial score (nSPS) is 17.5. The smallest absolute Gasteiger partial charge is 0.405 e. The number of rotatable bonds is 4. The lowest BCUT2D eigenvalue weighted by atomic mass is 10.00. The number of carboxylic acid groups (broad SMARTS) is 1. The van der Waals surface area contributed by atoms with Crippen LogP contribution < -0.4 is 16.0 Å². The Balaban J connectivity index is 1.97. The zero-order chi connectivity index (χ0) is 17.0. The molecule has 1 unspecified atom stereocenters. The first-order valence-corrected chi connectivity index (χ1v) is 7.32. The van der Waals surface area contributed by atoms with Crippen molar-refractivity contribution in [3.05, 3.63) is 23.9 Å². The summed E-state index contributed by atoms with van der Waals surface area (Å²) >= 11 is 0. The predicted octanol–water partition coefficient (Wildman–Crippen LogP) is 0.887. The Labute approximate surface area is 133 Å². The summed E-state index contributed by atoms with van der Waals surface area (Å²) in [4.78, 5) is 39.1. The standard InChI is InChI=1S/C15H20N4O4/c1-15(2,19-14(22)23)8-11(20)17-10-6-5-9-4-3-7-16-12(9)18-13(10)21/h3-4,7,10,19H,5-6,8H2,1-2H3,(H,17,20)(H,22,23)(H,16,18,21). The van der Waals surface area contributed by atoms with Crippen molar-refractivity contribution in [1.82, 2.24) is 15.6 Å². The summed E-state index contributed by atoms with van der Waals surface area (Å²) in [6.07, 6.45) is 1.41. The van der Waals surface area contributed by atoms with Gasteiger partial charge in [-0.15, -0.1) is 0 Å². The summed E-state index contributed by atoms with van der Waals surface area (Å²) < 4.78 is 0. The number of aromatic nitrogens is 1. The SMILES string of the molecule is CC(C)(CC(=O)NC1CCc2cccnc2NC1=O)NC(=O)O. The highest BCUT2D eigenvalue weighted by molar-refractivity contribution is 5.97. The first kappa shape index (κ1) is 16.7. The largest absolute Gasteiger partial charge is 0.465 e. The molecule has 23 heavy (non-hydrogen) atoms. The summed E-state index contributed by atoms with van der Waals surface area (Å²) in [5, 5.41) is 16.4. The zero-order valence-corrected chi connectivity index (χ0v) is 13.0. The van der Waals surface area contributed by atoms with Crippen LogP contribution in [0.4, 0.5) is 10.6 Å². The van der Waals surface area contributed by atoms with Gasteiger partial charge in [0.1, 0.15) is 11.9 Å². The molecule has 8 heteroatoms. The van der Waals surface area contributed by atoms with Gasteiger partial charge in [0.05, 0.1) is 0 Å². The fourth-order valence-corrected chi connectivity index (χ4v) is 2.51. The van der Waals surface area contributed by atoms with Gasteiger partial charge in [-0.1, -0.05) is 6.07 Å². The second-order valence-electron chi connectivity index (χ2n) is 6.15. The summed E-state index contributed by atoms with van der Waals surface area (Å²) in [6.45, 7) is 3.21. The molecule has 1 aromatic heterocycles. The molecule has 1 aliphatic heterocycles. The number of fused-ring (bicyclic) bond motifs is 1. The number of carbonyl (C=O) groups is 3. The molecular weight excluding hydrogens is 300 g/mol. The van der Waals surface area contributed by atoms with Gasteiger partial charge in [0, 0.05) is 18.2 Å². The Morgan fingerprint density at radius 1 is 1.48 bits per heavy atom. The molecule has 1 aromatic rings. The van der Waals surface area contributed by atoms with Gasteiger partial charge in [-0.25, -0.2) is 9.78 Å². The maximum Gasteiger partial charge on any atom is 0.405 e. The van der Waals surface area contributed by atoms with Crippen molar-refractivity contribution in [3.8, 4) is 0 Å². The van der Waals surface area contributed by atoms with E-state index < -0.39 is 17.7 Å². The first-order chi connectivity index (χ1) is 10.8. The minimum atomic E-state index is -1.20. The van der Waals surface area contributed by atoms with Gasteiger partial charge in [0.15, 0.2) is 0 Å². The monoisotopic (exact) mass is 320 g/mol. The number of hydrogen-bond acceptors (Lipinski definition) is 4. The number of amides is 3. The number of aryl methyl sites for hydroxylation is 1. The third-order valence-corrected chi connectivity index (χ3v) is 3.53. The molecule has 0 spiro atoms. The van der Waals surface area contributed by atoms with E-state index in [0.29, 0.717) is 18.7 Å². The fourth-order valence-electron chi connectivity index (χ4n) is 2.51. The molecule has 124 valence electrons. The number of hydrogen-bond donors (Lipinski definition) is 4. The Kier molecular flexibility index (Phi) is 4.83. The first-order valence-electron chi connectivity index (χ1n) is 7.32. The lowest BCUT2D eigenvalue weighted by Gasteiger charge is -2.25. The number of pyridine rings is 1. The van der Waals surface area contributed by atoms with Crippen molar-refractivity contribution >= 4 is 23.7 Å². The second kappa shape index (κ2) is 6.64. The average Bonchev–Trinajstić information content (AvgIpc) is 2.56. The van der Waals surface area contributed by atoms with Crippen molar-refractivity contribution in [2.24, 2.45) is 0 Å². The Bertz CT molecular complexity index is 630. The molecule has 1 atom stereocenters. The van der Waals surface area contributed by atoms with Crippen LogP contribution in [0, 0.1) is 0 Å². The number of anilines is 1. The van der Waals surface area contributed by atoms with Crippen LogP contribution >= 0.6 is 0 Å². The molecular formula is C15H20N4O4. The number of nitrogens with zero attached hydrogens (tertiary/aromatic N) is 1. The van der Waals surface area contributed by atoms with Crippen molar-refractivity contribution in [2.75, 3.05) is 5.32 Å².